The van der Waals surface area contributed by atoms with Crippen LogP contribution in [-0.4, -0.2) is 34.2 Å². The van der Waals surface area contributed by atoms with Gasteiger partial charge in [-0.3, -0.25) is 9.59 Å². The highest BCUT2D eigenvalue weighted by molar-refractivity contribution is 7.99. The Hall–Kier alpha value is -2.90. The van der Waals surface area contributed by atoms with E-state index in [0.29, 0.717) is 11.5 Å². The highest BCUT2D eigenvalue weighted by atomic mass is 35.5. The highest BCUT2D eigenvalue weighted by Crippen LogP contribution is 2.29. The molecule has 0 saturated heterocycles. The third kappa shape index (κ3) is 21.8. The van der Waals surface area contributed by atoms with Gasteiger partial charge in [-0.2, -0.15) is 0 Å². The Morgan fingerprint density at radius 3 is 0.984 bits per heavy atom. The fourth-order valence-corrected chi connectivity index (χ4v) is 9.09. The number of hydrogen-bond donors (Lipinski definition) is 0. The van der Waals surface area contributed by atoms with Crippen LogP contribution in [0.4, 0.5) is 0 Å². The summed E-state index contributed by atoms with van der Waals surface area (Å²) < 4.78 is 10.9. The molecule has 0 fully saturated rings. The number of rotatable bonds is 29. The molecular weight excluding hydrogens is 860 g/mol. The minimum absolute atomic E-state index is 0.0929. The van der Waals surface area contributed by atoms with E-state index < -0.39 is 10.8 Å². The Kier molecular flexibility index (Phi) is 28.3. The first-order chi connectivity index (χ1) is 30.6. The lowest BCUT2D eigenvalue weighted by Crippen LogP contribution is -2.26. The summed E-state index contributed by atoms with van der Waals surface area (Å²) in [7, 11) is 0. The third-order valence-electron chi connectivity index (χ3n) is 11.5. The smallest absolute Gasteiger partial charge is 0.329 e. The average Bonchev–Trinajstić information content (AvgIpc) is 3.32. The second-order valence-corrected chi connectivity index (χ2v) is 20.1. The van der Waals surface area contributed by atoms with Crippen molar-refractivity contribution in [3.8, 4) is 33.8 Å². The fraction of sp³-hybridized carbons (Fsp3) is 0.527. The summed E-state index contributed by atoms with van der Waals surface area (Å²) in [5, 5.41) is -1.23. The van der Waals surface area contributed by atoms with Crippen LogP contribution >= 0.6 is 46.7 Å². The van der Waals surface area contributed by atoms with Gasteiger partial charge in [0.1, 0.15) is 22.3 Å². The van der Waals surface area contributed by atoms with E-state index >= 15 is 0 Å². The Morgan fingerprint density at radius 1 is 0.429 bits per heavy atom. The van der Waals surface area contributed by atoms with Crippen LogP contribution in [-0.2, 0) is 9.59 Å². The zero-order valence-corrected chi connectivity index (χ0v) is 42.3. The minimum Gasteiger partial charge on any atom is -0.425 e. The van der Waals surface area contributed by atoms with Crippen molar-refractivity contribution in [2.75, 3.05) is 11.5 Å². The number of ether oxygens (including phenoxy) is 2. The molecule has 0 bridgehead atoms. The molecule has 4 atom stereocenters. The Labute approximate surface area is 400 Å². The van der Waals surface area contributed by atoms with Crippen molar-refractivity contribution in [1.82, 2.24) is 0 Å². The van der Waals surface area contributed by atoms with Crippen LogP contribution in [0, 0.1) is 11.8 Å². The zero-order valence-electron chi connectivity index (χ0n) is 39.2. The molecule has 0 aliphatic rings. The maximum absolute atomic E-state index is 12.1. The summed E-state index contributed by atoms with van der Waals surface area (Å²) in [6, 6.07) is 32.7. The molecule has 2 unspecified atom stereocenters. The number of esters is 2. The lowest BCUT2D eigenvalue weighted by molar-refractivity contribution is -0.135. The summed E-state index contributed by atoms with van der Waals surface area (Å²) in [5.74, 6) is 2.86. The molecule has 0 N–H and O–H groups in total. The molecule has 4 rings (SSSR count). The molecule has 0 saturated carbocycles. The predicted octanol–water partition coefficient (Wildman–Crippen LogP) is 17.9. The SMILES string of the molecule is CCCCCCCCCCSc1ccc(-c2ccc(OC(=O)[C@@H](Cl)C(C)CC)cc2)cc1.CCCCCCCCCSc1ccc(-c2ccc(OC(=O)[C@@H](Cl)C(C)CC)cc2)cc1. The van der Waals surface area contributed by atoms with E-state index in [2.05, 4.69) is 62.4 Å². The zero-order chi connectivity index (χ0) is 45.7. The number of thioether (sulfide) groups is 2. The Balaban J connectivity index is 0.000000335. The highest BCUT2D eigenvalue weighted by Gasteiger charge is 2.24. The quantitative estimate of drug-likeness (QED) is 0.0178. The fourth-order valence-electron chi connectivity index (χ4n) is 6.82. The number of carbonyl (C=O) groups is 2. The molecule has 0 spiro atoms. The molecule has 4 nitrogen and oxygen atoms in total. The maximum Gasteiger partial charge on any atom is 0.329 e. The second kappa shape index (κ2) is 32.7. The normalized spacial score (nSPS) is 13.0. The van der Waals surface area contributed by atoms with Crippen LogP contribution in [0.3, 0.4) is 0 Å². The average molecular weight is 936 g/mol. The van der Waals surface area contributed by atoms with Gasteiger partial charge < -0.3 is 9.47 Å². The number of carbonyl (C=O) groups excluding carboxylic acids is 2. The van der Waals surface area contributed by atoms with Crippen LogP contribution in [0.2, 0.25) is 0 Å². The first-order valence-corrected chi connectivity index (χ1v) is 26.8. The number of alkyl halides is 2. The van der Waals surface area contributed by atoms with Crippen molar-refractivity contribution in [3.63, 3.8) is 0 Å². The molecule has 0 heterocycles. The first kappa shape index (κ1) is 54.4. The van der Waals surface area contributed by atoms with E-state index in [-0.39, 0.29) is 23.8 Å². The van der Waals surface area contributed by atoms with Crippen molar-refractivity contribution < 1.29 is 19.1 Å². The Bertz CT molecular complexity index is 1800. The van der Waals surface area contributed by atoms with Gasteiger partial charge in [-0.15, -0.1) is 46.7 Å². The van der Waals surface area contributed by atoms with Gasteiger partial charge in [0.2, 0.25) is 0 Å². The molecule has 0 aliphatic carbocycles. The maximum atomic E-state index is 12.1. The topological polar surface area (TPSA) is 52.6 Å². The lowest BCUT2D eigenvalue weighted by atomic mass is 10.0. The number of benzene rings is 4. The van der Waals surface area contributed by atoms with E-state index in [4.69, 9.17) is 32.7 Å². The molecule has 4 aromatic rings. The van der Waals surface area contributed by atoms with E-state index in [0.717, 1.165) is 35.1 Å². The van der Waals surface area contributed by atoms with Gasteiger partial charge in [0.25, 0.3) is 0 Å². The van der Waals surface area contributed by atoms with Crippen LogP contribution in [0.15, 0.2) is 107 Å². The van der Waals surface area contributed by atoms with Crippen molar-refractivity contribution in [3.05, 3.63) is 97.1 Å². The number of hydrogen-bond acceptors (Lipinski definition) is 6. The summed E-state index contributed by atoms with van der Waals surface area (Å²) in [5.41, 5.74) is 4.53. The van der Waals surface area contributed by atoms with Crippen molar-refractivity contribution in [1.29, 1.82) is 0 Å². The molecular formula is C55H76Cl2O4S2. The first-order valence-electron chi connectivity index (χ1n) is 24.0. The van der Waals surface area contributed by atoms with Gasteiger partial charge in [-0.05, 0) is 107 Å². The van der Waals surface area contributed by atoms with Crippen LogP contribution in [0.25, 0.3) is 22.3 Å². The van der Waals surface area contributed by atoms with Gasteiger partial charge in [-0.25, -0.2) is 0 Å². The molecule has 63 heavy (non-hydrogen) atoms. The van der Waals surface area contributed by atoms with Gasteiger partial charge in [0.05, 0.1) is 0 Å². The van der Waals surface area contributed by atoms with Crippen molar-refractivity contribution in [2.45, 2.75) is 171 Å². The summed E-state index contributed by atoms with van der Waals surface area (Å²) in [6.07, 6.45) is 22.1. The molecule has 0 radical (unpaired) electrons. The van der Waals surface area contributed by atoms with Gasteiger partial charge >= 0.3 is 11.9 Å². The van der Waals surface area contributed by atoms with E-state index in [9.17, 15) is 9.59 Å². The predicted molar refractivity (Wildman–Crippen MR) is 275 cm³/mol. The van der Waals surface area contributed by atoms with Crippen LogP contribution in [0.5, 0.6) is 11.5 Å². The van der Waals surface area contributed by atoms with Crippen molar-refractivity contribution in [2.24, 2.45) is 11.8 Å². The summed E-state index contributed by atoms with van der Waals surface area (Å²) in [4.78, 5) is 26.9. The van der Waals surface area contributed by atoms with E-state index in [1.165, 1.54) is 118 Å². The molecule has 4 aromatic carbocycles. The van der Waals surface area contributed by atoms with Crippen LogP contribution in [0.1, 0.15) is 151 Å². The number of halogens is 2. The largest absolute Gasteiger partial charge is 0.425 e. The molecule has 0 amide bonds. The lowest BCUT2D eigenvalue weighted by Gasteiger charge is -2.15. The molecule has 8 heteroatoms. The van der Waals surface area contributed by atoms with E-state index in [1.807, 2.05) is 99.7 Å². The molecule has 0 aliphatic heterocycles. The van der Waals surface area contributed by atoms with Crippen molar-refractivity contribution >= 4 is 58.7 Å². The minimum atomic E-state index is -0.615. The molecule has 346 valence electrons. The number of unbranched alkanes of at least 4 members (excludes halogenated alkanes) is 13. The summed E-state index contributed by atoms with van der Waals surface area (Å²) >= 11 is 16.2. The third-order valence-corrected chi connectivity index (χ3v) is 15.0. The van der Waals surface area contributed by atoms with Crippen LogP contribution < -0.4 is 9.47 Å². The van der Waals surface area contributed by atoms with Gasteiger partial charge in [0.15, 0.2) is 0 Å². The van der Waals surface area contributed by atoms with Gasteiger partial charge in [-0.1, -0.05) is 186 Å². The standard InChI is InChI=1S/C28H39ClO2S.C27H37ClO2S/c1-4-6-7-8-9-10-11-12-21-32-26-19-15-24(16-20-26)23-13-17-25(18-14-23)31-28(30)27(29)22(3)5-2;1-4-6-7-8-9-10-11-20-31-25-18-14-23(15-19-25)22-12-16-24(17-13-22)30-27(29)26(28)21(3)5-2/h13-20,22,27H,4-12,21H2,1-3H3;12-19,21,26H,4-11,20H2,1-3H3/t22?,27-;21?,26-/m00/s1. The van der Waals surface area contributed by atoms with E-state index in [1.54, 1.807) is 0 Å². The Morgan fingerprint density at radius 2 is 0.698 bits per heavy atom. The molecule has 0 aromatic heterocycles. The monoisotopic (exact) mass is 934 g/mol. The van der Waals surface area contributed by atoms with Gasteiger partial charge in [0, 0.05) is 9.79 Å². The summed E-state index contributed by atoms with van der Waals surface area (Å²) in [6.45, 7) is 12.5. The second-order valence-electron chi connectivity index (χ2n) is 16.8.